The van der Waals surface area contributed by atoms with Crippen LogP contribution < -0.4 is 11.3 Å². The van der Waals surface area contributed by atoms with Gasteiger partial charge in [0.05, 0.1) is 12.2 Å². The molecule has 0 radical (unpaired) electrons. The Morgan fingerprint density at radius 1 is 1.71 bits per heavy atom. The lowest BCUT2D eigenvalue weighted by Gasteiger charge is -2.33. The van der Waals surface area contributed by atoms with Crippen LogP contribution in [-0.4, -0.2) is 9.78 Å². The predicted molar refractivity (Wildman–Crippen MR) is 63.3 cm³/mol. The van der Waals surface area contributed by atoms with Crippen molar-refractivity contribution >= 4 is 22.6 Å². The van der Waals surface area contributed by atoms with E-state index in [9.17, 15) is 0 Å². The molecule has 1 heterocycles. The molecule has 0 amide bonds. The second kappa shape index (κ2) is 4.16. The van der Waals surface area contributed by atoms with Crippen molar-refractivity contribution in [2.45, 2.75) is 25.3 Å². The number of hydrazine groups is 1. The quantitative estimate of drug-likeness (QED) is 0.503. The minimum atomic E-state index is 0.282. The number of hydrogen-bond acceptors (Lipinski definition) is 3. The highest BCUT2D eigenvalue weighted by atomic mass is 127. The maximum absolute atomic E-state index is 5.60. The molecule has 78 valence electrons. The normalized spacial score (nSPS) is 19.4. The highest BCUT2D eigenvalue weighted by molar-refractivity contribution is 14.1. The largest absolute Gasteiger partial charge is 0.271 e. The molecule has 5 heteroatoms. The summed E-state index contributed by atoms with van der Waals surface area (Å²) in [6.45, 7) is 0. The predicted octanol–water partition coefficient (Wildman–Crippen LogP) is 1.33. The Bertz CT molecular complexity index is 319. The van der Waals surface area contributed by atoms with E-state index in [-0.39, 0.29) is 6.04 Å². The lowest BCUT2D eigenvalue weighted by Crippen LogP contribution is -2.36. The minimum absolute atomic E-state index is 0.282. The van der Waals surface area contributed by atoms with Gasteiger partial charge in [-0.15, -0.1) is 0 Å². The van der Waals surface area contributed by atoms with Gasteiger partial charge in [0.1, 0.15) is 3.70 Å². The average Bonchev–Trinajstić information content (AvgIpc) is 2.41. The molecule has 1 atom stereocenters. The minimum Gasteiger partial charge on any atom is -0.271 e. The summed E-state index contributed by atoms with van der Waals surface area (Å²) < 4.78 is 3.07. The Labute approximate surface area is 97.3 Å². The third-order valence-corrected chi connectivity index (χ3v) is 4.35. The molecule has 0 saturated heterocycles. The zero-order valence-electron chi connectivity index (χ0n) is 8.20. The van der Waals surface area contributed by atoms with E-state index in [1.54, 1.807) is 0 Å². The molecule has 14 heavy (non-hydrogen) atoms. The van der Waals surface area contributed by atoms with Gasteiger partial charge in [0, 0.05) is 12.6 Å². The van der Waals surface area contributed by atoms with Gasteiger partial charge < -0.3 is 0 Å². The van der Waals surface area contributed by atoms with Crippen molar-refractivity contribution in [1.29, 1.82) is 0 Å². The Balaban J connectivity index is 2.22. The van der Waals surface area contributed by atoms with E-state index in [1.165, 1.54) is 28.5 Å². The maximum atomic E-state index is 5.60. The van der Waals surface area contributed by atoms with Crippen LogP contribution in [0.1, 0.15) is 30.9 Å². The molecule has 1 unspecified atom stereocenters. The molecule has 0 aliphatic heterocycles. The van der Waals surface area contributed by atoms with Gasteiger partial charge in [0.2, 0.25) is 0 Å². The van der Waals surface area contributed by atoms with E-state index >= 15 is 0 Å². The van der Waals surface area contributed by atoms with Gasteiger partial charge in [0.25, 0.3) is 0 Å². The molecule has 0 bridgehead atoms. The lowest BCUT2D eigenvalue weighted by molar-refractivity contribution is 0.231. The number of halogens is 1. The van der Waals surface area contributed by atoms with Crippen molar-refractivity contribution in [3.63, 3.8) is 0 Å². The first kappa shape index (κ1) is 10.4. The molecule has 1 aliphatic rings. The van der Waals surface area contributed by atoms with Crippen molar-refractivity contribution in [1.82, 2.24) is 15.2 Å². The fourth-order valence-electron chi connectivity index (χ4n) is 1.90. The van der Waals surface area contributed by atoms with Crippen molar-refractivity contribution in [2.24, 2.45) is 18.8 Å². The van der Waals surface area contributed by atoms with Crippen LogP contribution in [0.3, 0.4) is 0 Å². The van der Waals surface area contributed by atoms with Crippen LogP contribution in [-0.2, 0) is 7.05 Å². The number of aromatic nitrogens is 2. The first-order valence-corrected chi connectivity index (χ1v) is 5.95. The standard InChI is InChI=1S/C9H15IN4/c1-14-9(10)7(5-12-14)8(13-11)6-3-2-4-6/h5-6,8,13H,2-4,11H2,1H3. The topological polar surface area (TPSA) is 55.9 Å². The summed E-state index contributed by atoms with van der Waals surface area (Å²) in [4.78, 5) is 0. The molecular formula is C9H15IN4. The molecule has 1 aromatic rings. The molecule has 1 fully saturated rings. The van der Waals surface area contributed by atoms with Crippen LogP contribution in [0.4, 0.5) is 0 Å². The third-order valence-electron chi connectivity index (χ3n) is 3.03. The van der Waals surface area contributed by atoms with Crippen LogP contribution in [0.2, 0.25) is 0 Å². The summed E-state index contributed by atoms with van der Waals surface area (Å²) >= 11 is 2.32. The van der Waals surface area contributed by atoms with E-state index < -0.39 is 0 Å². The molecule has 4 nitrogen and oxygen atoms in total. The molecule has 3 N–H and O–H groups in total. The second-order valence-corrected chi connectivity index (χ2v) is 4.87. The fourth-order valence-corrected chi connectivity index (χ4v) is 2.50. The van der Waals surface area contributed by atoms with Gasteiger partial charge in [-0.25, -0.2) is 0 Å². The number of aryl methyl sites for hydroxylation is 1. The second-order valence-electron chi connectivity index (χ2n) is 3.85. The zero-order chi connectivity index (χ0) is 10.1. The van der Waals surface area contributed by atoms with Crippen LogP contribution in [0.15, 0.2) is 6.20 Å². The average molecular weight is 306 g/mol. The summed E-state index contributed by atoms with van der Waals surface area (Å²) in [6, 6.07) is 0.282. The number of nitrogens with one attached hydrogen (secondary N) is 1. The number of hydrogen-bond donors (Lipinski definition) is 2. The smallest absolute Gasteiger partial charge is 0.103 e. The van der Waals surface area contributed by atoms with Gasteiger partial charge in [-0.1, -0.05) is 6.42 Å². The Hall–Kier alpha value is -0.140. The highest BCUT2D eigenvalue weighted by Crippen LogP contribution is 2.38. The van der Waals surface area contributed by atoms with E-state index in [0.717, 1.165) is 0 Å². The van der Waals surface area contributed by atoms with Crippen molar-refractivity contribution in [3.05, 3.63) is 15.5 Å². The van der Waals surface area contributed by atoms with Gasteiger partial charge in [0.15, 0.2) is 0 Å². The lowest BCUT2D eigenvalue weighted by atomic mass is 9.78. The summed E-state index contributed by atoms with van der Waals surface area (Å²) in [7, 11) is 1.96. The van der Waals surface area contributed by atoms with Gasteiger partial charge in [-0.2, -0.15) is 5.10 Å². The molecule has 2 rings (SSSR count). The molecule has 1 saturated carbocycles. The summed E-state index contributed by atoms with van der Waals surface area (Å²) in [5, 5.41) is 4.24. The van der Waals surface area contributed by atoms with E-state index in [4.69, 9.17) is 5.84 Å². The molecular weight excluding hydrogens is 291 g/mol. The first-order chi connectivity index (χ1) is 6.74. The molecule has 0 aromatic carbocycles. The molecule has 0 spiro atoms. The first-order valence-electron chi connectivity index (χ1n) is 4.87. The number of rotatable bonds is 3. The summed E-state index contributed by atoms with van der Waals surface area (Å²) in [5.74, 6) is 6.30. The Morgan fingerprint density at radius 2 is 2.43 bits per heavy atom. The summed E-state index contributed by atoms with van der Waals surface area (Å²) in [6.07, 6.45) is 5.81. The van der Waals surface area contributed by atoms with Crippen molar-refractivity contribution < 1.29 is 0 Å². The van der Waals surface area contributed by atoms with Gasteiger partial charge in [-0.3, -0.25) is 16.0 Å². The van der Waals surface area contributed by atoms with E-state index in [2.05, 4.69) is 33.1 Å². The maximum Gasteiger partial charge on any atom is 0.103 e. The third kappa shape index (κ3) is 1.68. The van der Waals surface area contributed by atoms with E-state index in [0.29, 0.717) is 5.92 Å². The van der Waals surface area contributed by atoms with Crippen molar-refractivity contribution in [2.75, 3.05) is 0 Å². The number of nitrogens with two attached hydrogens (primary N) is 1. The van der Waals surface area contributed by atoms with E-state index in [1.807, 2.05) is 17.9 Å². The monoisotopic (exact) mass is 306 g/mol. The number of nitrogens with zero attached hydrogens (tertiary/aromatic N) is 2. The summed E-state index contributed by atoms with van der Waals surface area (Å²) in [5.41, 5.74) is 4.15. The SMILES string of the molecule is Cn1ncc(C(NN)C2CCC2)c1I. The van der Waals surface area contributed by atoms with Gasteiger partial charge >= 0.3 is 0 Å². The van der Waals surface area contributed by atoms with Crippen LogP contribution >= 0.6 is 22.6 Å². The Kier molecular flexibility index (Phi) is 3.08. The van der Waals surface area contributed by atoms with Crippen molar-refractivity contribution in [3.8, 4) is 0 Å². The van der Waals surface area contributed by atoms with Gasteiger partial charge in [-0.05, 0) is 41.4 Å². The Morgan fingerprint density at radius 3 is 2.79 bits per heavy atom. The molecule has 1 aromatic heterocycles. The fraction of sp³-hybridized carbons (Fsp3) is 0.667. The highest BCUT2D eigenvalue weighted by Gasteiger charge is 2.30. The van der Waals surface area contributed by atoms with Crippen LogP contribution in [0.25, 0.3) is 0 Å². The molecule has 1 aliphatic carbocycles. The zero-order valence-corrected chi connectivity index (χ0v) is 10.4. The van der Waals surface area contributed by atoms with Crippen LogP contribution in [0.5, 0.6) is 0 Å². The van der Waals surface area contributed by atoms with Crippen LogP contribution in [0, 0.1) is 9.62 Å².